The van der Waals surface area contributed by atoms with Crippen LogP contribution in [0.25, 0.3) is 10.1 Å². The molecule has 1 unspecified atom stereocenters. The number of alkyl halides is 2. The molecular weight excluding hydrogens is 294 g/mol. The highest BCUT2D eigenvalue weighted by molar-refractivity contribution is 7.17. The number of thiophene rings is 1. The molecule has 0 amide bonds. The third-order valence-corrected chi connectivity index (χ3v) is 4.18. The minimum absolute atomic E-state index is 0.0416. The van der Waals surface area contributed by atoms with Gasteiger partial charge in [0.25, 0.3) is 0 Å². The topological polar surface area (TPSA) is 29.5 Å². The molecule has 0 aliphatic rings. The minimum atomic E-state index is -2.88. The SMILES string of the molecule is OC(c1cccc(OC(F)F)c1)c1cccc2ccsc12. The third-order valence-electron chi connectivity index (χ3n) is 3.20. The van der Waals surface area contributed by atoms with Crippen molar-refractivity contribution in [2.45, 2.75) is 12.7 Å². The van der Waals surface area contributed by atoms with Crippen LogP contribution in [0, 0.1) is 0 Å². The molecule has 0 aliphatic heterocycles. The van der Waals surface area contributed by atoms with E-state index in [-0.39, 0.29) is 5.75 Å². The number of aliphatic hydroxyl groups excluding tert-OH is 1. The van der Waals surface area contributed by atoms with Crippen LogP contribution < -0.4 is 4.74 Å². The number of hydrogen-bond donors (Lipinski definition) is 1. The van der Waals surface area contributed by atoms with Gasteiger partial charge >= 0.3 is 6.61 Å². The molecule has 0 aliphatic carbocycles. The normalized spacial score (nSPS) is 12.8. The summed E-state index contributed by atoms with van der Waals surface area (Å²) in [6.45, 7) is -2.88. The van der Waals surface area contributed by atoms with Gasteiger partial charge in [-0.15, -0.1) is 11.3 Å². The van der Waals surface area contributed by atoms with E-state index in [0.29, 0.717) is 5.56 Å². The zero-order valence-corrected chi connectivity index (χ0v) is 11.7. The van der Waals surface area contributed by atoms with Crippen LogP contribution in [0.4, 0.5) is 8.78 Å². The second-order valence-corrected chi connectivity index (χ2v) is 5.46. The zero-order chi connectivity index (χ0) is 14.8. The lowest BCUT2D eigenvalue weighted by atomic mass is 10.0. The first-order valence-electron chi connectivity index (χ1n) is 6.34. The maximum atomic E-state index is 12.3. The molecule has 21 heavy (non-hydrogen) atoms. The Hall–Kier alpha value is -1.98. The molecule has 1 aromatic heterocycles. The van der Waals surface area contributed by atoms with Crippen LogP contribution in [0.2, 0.25) is 0 Å². The van der Waals surface area contributed by atoms with Crippen molar-refractivity contribution in [2.24, 2.45) is 0 Å². The number of halogens is 2. The summed E-state index contributed by atoms with van der Waals surface area (Å²) < 4.78 is 29.9. The summed E-state index contributed by atoms with van der Waals surface area (Å²) in [5, 5.41) is 13.5. The van der Waals surface area contributed by atoms with Crippen LogP contribution in [-0.2, 0) is 0 Å². The van der Waals surface area contributed by atoms with Gasteiger partial charge in [-0.1, -0.05) is 30.3 Å². The first kappa shape index (κ1) is 14.0. The second kappa shape index (κ2) is 5.79. The van der Waals surface area contributed by atoms with Crippen molar-refractivity contribution in [2.75, 3.05) is 0 Å². The molecule has 1 N–H and O–H groups in total. The predicted molar refractivity (Wildman–Crippen MR) is 79.0 cm³/mol. The quantitative estimate of drug-likeness (QED) is 0.764. The number of fused-ring (bicyclic) bond motifs is 1. The fourth-order valence-electron chi connectivity index (χ4n) is 2.27. The molecule has 1 heterocycles. The molecule has 1 atom stereocenters. The maximum absolute atomic E-state index is 12.3. The van der Waals surface area contributed by atoms with E-state index in [1.54, 1.807) is 23.5 Å². The Labute approximate surface area is 124 Å². The Morgan fingerprint density at radius 2 is 1.86 bits per heavy atom. The van der Waals surface area contributed by atoms with Crippen LogP contribution in [0.3, 0.4) is 0 Å². The van der Waals surface area contributed by atoms with Gasteiger partial charge in [0.05, 0.1) is 0 Å². The van der Waals surface area contributed by atoms with Gasteiger partial charge in [0.15, 0.2) is 0 Å². The van der Waals surface area contributed by atoms with Gasteiger partial charge in [-0.2, -0.15) is 8.78 Å². The summed E-state index contributed by atoms with van der Waals surface area (Å²) in [5.41, 5.74) is 1.28. The minimum Gasteiger partial charge on any atom is -0.435 e. The summed E-state index contributed by atoms with van der Waals surface area (Å²) >= 11 is 1.54. The van der Waals surface area contributed by atoms with E-state index in [1.807, 2.05) is 29.6 Å². The second-order valence-electron chi connectivity index (χ2n) is 4.54. The Bertz CT molecular complexity index is 755. The molecule has 0 radical (unpaired) electrons. The highest BCUT2D eigenvalue weighted by atomic mass is 32.1. The standard InChI is InChI=1S/C16H12F2O2S/c17-16(18)20-12-5-1-4-11(9-12)14(19)13-6-2-3-10-7-8-21-15(10)13/h1-9,14,16,19H. The Morgan fingerprint density at radius 1 is 1.05 bits per heavy atom. The van der Waals surface area contributed by atoms with Gasteiger partial charge < -0.3 is 9.84 Å². The molecule has 3 rings (SSSR count). The van der Waals surface area contributed by atoms with Crippen LogP contribution in [0.5, 0.6) is 5.75 Å². The largest absolute Gasteiger partial charge is 0.435 e. The van der Waals surface area contributed by atoms with Gasteiger partial charge in [0.2, 0.25) is 0 Å². The summed E-state index contributed by atoms with van der Waals surface area (Å²) in [6.07, 6.45) is -0.881. The summed E-state index contributed by atoms with van der Waals surface area (Å²) in [5.74, 6) is 0.0416. The van der Waals surface area contributed by atoms with Crippen molar-refractivity contribution in [3.8, 4) is 5.75 Å². The maximum Gasteiger partial charge on any atom is 0.387 e. The third kappa shape index (κ3) is 2.89. The summed E-state index contributed by atoms with van der Waals surface area (Å²) in [7, 11) is 0. The Balaban J connectivity index is 1.98. The zero-order valence-electron chi connectivity index (χ0n) is 10.9. The van der Waals surface area contributed by atoms with Gasteiger partial charge in [0, 0.05) is 10.3 Å². The fourth-order valence-corrected chi connectivity index (χ4v) is 3.21. The molecule has 0 saturated carbocycles. The average Bonchev–Trinajstić information content (AvgIpc) is 2.94. The van der Waals surface area contributed by atoms with Crippen molar-refractivity contribution in [3.63, 3.8) is 0 Å². The number of hydrogen-bond acceptors (Lipinski definition) is 3. The highest BCUT2D eigenvalue weighted by Gasteiger charge is 2.15. The predicted octanol–water partition coefficient (Wildman–Crippen LogP) is 4.58. The molecular formula is C16H12F2O2S. The van der Waals surface area contributed by atoms with E-state index in [9.17, 15) is 13.9 Å². The molecule has 0 bridgehead atoms. The van der Waals surface area contributed by atoms with Crippen molar-refractivity contribution < 1.29 is 18.6 Å². The Morgan fingerprint density at radius 3 is 2.67 bits per heavy atom. The van der Waals surface area contributed by atoms with Crippen molar-refractivity contribution in [1.82, 2.24) is 0 Å². The van der Waals surface area contributed by atoms with E-state index < -0.39 is 12.7 Å². The van der Waals surface area contributed by atoms with E-state index in [4.69, 9.17) is 0 Å². The molecule has 3 aromatic rings. The van der Waals surface area contributed by atoms with Crippen LogP contribution in [-0.4, -0.2) is 11.7 Å². The van der Waals surface area contributed by atoms with Crippen molar-refractivity contribution in [1.29, 1.82) is 0 Å². The van der Waals surface area contributed by atoms with E-state index >= 15 is 0 Å². The molecule has 0 saturated heterocycles. The van der Waals surface area contributed by atoms with E-state index in [0.717, 1.165) is 15.6 Å². The first-order chi connectivity index (χ1) is 10.1. The lowest BCUT2D eigenvalue weighted by molar-refractivity contribution is -0.0499. The van der Waals surface area contributed by atoms with E-state index in [1.165, 1.54) is 12.1 Å². The average molecular weight is 306 g/mol. The van der Waals surface area contributed by atoms with Crippen molar-refractivity contribution >= 4 is 21.4 Å². The lowest BCUT2D eigenvalue weighted by Crippen LogP contribution is -2.04. The number of benzene rings is 2. The van der Waals surface area contributed by atoms with E-state index in [2.05, 4.69) is 4.74 Å². The molecule has 2 nitrogen and oxygen atoms in total. The van der Waals surface area contributed by atoms with Crippen LogP contribution in [0.15, 0.2) is 53.9 Å². The van der Waals surface area contributed by atoms with Crippen molar-refractivity contribution in [3.05, 3.63) is 65.0 Å². The van der Waals surface area contributed by atoms with Gasteiger partial charge in [-0.3, -0.25) is 0 Å². The first-order valence-corrected chi connectivity index (χ1v) is 7.22. The molecule has 0 fully saturated rings. The summed E-state index contributed by atoms with van der Waals surface area (Å²) in [6, 6.07) is 13.8. The molecule has 0 spiro atoms. The number of ether oxygens (including phenoxy) is 1. The highest BCUT2D eigenvalue weighted by Crippen LogP contribution is 2.33. The molecule has 108 valence electrons. The van der Waals surface area contributed by atoms with Crippen LogP contribution in [0.1, 0.15) is 17.2 Å². The van der Waals surface area contributed by atoms with Crippen LogP contribution >= 0.6 is 11.3 Å². The number of aliphatic hydroxyl groups is 1. The van der Waals surface area contributed by atoms with Gasteiger partial charge in [-0.25, -0.2) is 0 Å². The lowest BCUT2D eigenvalue weighted by Gasteiger charge is -2.14. The monoisotopic (exact) mass is 306 g/mol. The molecule has 5 heteroatoms. The Kier molecular flexibility index (Phi) is 3.86. The van der Waals surface area contributed by atoms with Gasteiger partial charge in [0.1, 0.15) is 11.9 Å². The fraction of sp³-hybridized carbons (Fsp3) is 0.125. The molecule has 2 aromatic carbocycles. The number of rotatable bonds is 4. The summed E-state index contributed by atoms with van der Waals surface area (Å²) in [4.78, 5) is 0. The van der Waals surface area contributed by atoms with Gasteiger partial charge in [-0.05, 0) is 34.5 Å². The smallest absolute Gasteiger partial charge is 0.387 e.